The van der Waals surface area contributed by atoms with Gasteiger partial charge in [-0.3, -0.25) is 4.79 Å². The van der Waals surface area contributed by atoms with Gasteiger partial charge in [-0.1, -0.05) is 59.3 Å². The Hall–Kier alpha value is -0.570. The first-order chi connectivity index (χ1) is 8.09. The Kier molecular flexibility index (Phi) is 10.2. The molecule has 0 aliphatic rings. The Morgan fingerprint density at radius 3 is 2.06 bits per heavy atom. The van der Waals surface area contributed by atoms with Gasteiger partial charge >= 0.3 is 0 Å². The number of hydrogen-bond donors (Lipinski definition) is 2. The highest BCUT2D eigenvalue weighted by atomic mass is 16.1. The monoisotopic (exact) mass is 242 g/mol. The van der Waals surface area contributed by atoms with Crippen LogP contribution in [0.5, 0.6) is 0 Å². The molecule has 1 amide bonds. The highest BCUT2D eigenvalue weighted by Gasteiger charge is 2.17. The SMILES string of the molecule is CCCCCCCCCNC(C(N)=O)C(C)C. The van der Waals surface area contributed by atoms with E-state index >= 15 is 0 Å². The van der Waals surface area contributed by atoms with Crippen LogP contribution in [-0.2, 0) is 4.79 Å². The maximum Gasteiger partial charge on any atom is 0.234 e. The minimum Gasteiger partial charge on any atom is -0.368 e. The minimum absolute atomic E-state index is 0.171. The summed E-state index contributed by atoms with van der Waals surface area (Å²) in [5.74, 6) is 0.0417. The van der Waals surface area contributed by atoms with Crippen molar-refractivity contribution in [2.45, 2.75) is 71.8 Å². The second kappa shape index (κ2) is 10.6. The van der Waals surface area contributed by atoms with E-state index < -0.39 is 0 Å². The zero-order valence-electron chi connectivity index (χ0n) is 11.8. The lowest BCUT2D eigenvalue weighted by Crippen LogP contribution is -2.45. The number of amides is 1. The van der Waals surface area contributed by atoms with E-state index in [1.165, 1.54) is 38.5 Å². The van der Waals surface area contributed by atoms with Crippen molar-refractivity contribution >= 4 is 5.91 Å². The van der Waals surface area contributed by atoms with Gasteiger partial charge in [-0.25, -0.2) is 0 Å². The predicted molar refractivity (Wildman–Crippen MR) is 73.8 cm³/mol. The van der Waals surface area contributed by atoms with Gasteiger partial charge in [0.15, 0.2) is 0 Å². The van der Waals surface area contributed by atoms with Crippen LogP contribution in [0.3, 0.4) is 0 Å². The van der Waals surface area contributed by atoms with Crippen LogP contribution < -0.4 is 11.1 Å². The molecular formula is C14H30N2O. The summed E-state index contributed by atoms with van der Waals surface area (Å²) in [6.45, 7) is 7.18. The molecule has 1 unspecified atom stereocenters. The molecule has 0 aliphatic carbocycles. The third-order valence-electron chi connectivity index (χ3n) is 3.12. The van der Waals surface area contributed by atoms with Crippen molar-refractivity contribution in [3.05, 3.63) is 0 Å². The summed E-state index contributed by atoms with van der Waals surface area (Å²) in [5.41, 5.74) is 5.33. The number of hydrogen-bond acceptors (Lipinski definition) is 2. The van der Waals surface area contributed by atoms with Crippen LogP contribution in [0.2, 0.25) is 0 Å². The molecule has 17 heavy (non-hydrogen) atoms. The van der Waals surface area contributed by atoms with Gasteiger partial charge in [0.1, 0.15) is 0 Å². The van der Waals surface area contributed by atoms with Crippen LogP contribution in [0.25, 0.3) is 0 Å². The van der Waals surface area contributed by atoms with Crippen molar-refractivity contribution in [3.63, 3.8) is 0 Å². The average Bonchev–Trinajstić information content (AvgIpc) is 2.26. The topological polar surface area (TPSA) is 55.1 Å². The van der Waals surface area contributed by atoms with Gasteiger partial charge in [0.25, 0.3) is 0 Å². The first-order valence-corrected chi connectivity index (χ1v) is 7.12. The van der Waals surface area contributed by atoms with E-state index in [1.807, 2.05) is 13.8 Å². The largest absolute Gasteiger partial charge is 0.368 e. The molecule has 0 aliphatic heterocycles. The highest BCUT2D eigenvalue weighted by Crippen LogP contribution is 2.07. The molecule has 3 nitrogen and oxygen atoms in total. The minimum atomic E-state index is -0.233. The molecule has 0 saturated carbocycles. The molecule has 0 saturated heterocycles. The predicted octanol–water partition coefficient (Wildman–Crippen LogP) is 2.84. The Morgan fingerprint density at radius 1 is 1.06 bits per heavy atom. The number of carbonyl (C=O) groups is 1. The summed E-state index contributed by atoms with van der Waals surface area (Å²) in [7, 11) is 0. The fourth-order valence-electron chi connectivity index (χ4n) is 2.00. The van der Waals surface area contributed by atoms with E-state index in [2.05, 4.69) is 12.2 Å². The van der Waals surface area contributed by atoms with Gasteiger partial charge in [-0.2, -0.15) is 0 Å². The number of unbranched alkanes of at least 4 members (excludes halogenated alkanes) is 6. The summed E-state index contributed by atoms with van der Waals surface area (Å²) in [6.07, 6.45) is 9.07. The molecule has 0 spiro atoms. The van der Waals surface area contributed by atoms with Gasteiger partial charge in [-0.15, -0.1) is 0 Å². The van der Waals surface area contributed by atoms with Gasteiger partial charge in [0.2, 0.25) is 5.91 Å². The number of rotatable bonds is 11. The van der Waals surface area contributed by atoms with Crippen LogP contribution in [0.15, 0.2) is 0 Å². The zero-order valence-corrected chi connectivity index (χ0v) is 11.8. The van der Waals surface area contributed by atoms with Gasteiger partial charge < -0.3 is 11.1 Å². The van der Waals surface area contributed by atoms with Crippen LogP contribution in [0.1, 0.15) is 65.7 Å². The van der Waals surface area contributed by atoms with E-state index in [9.17, 15) is 4.79 Å². The molecular weight excluding hydrogens is 212 g/mol. The fraction of sp³-hybridized carbons (Fsp3) is 0.929. The Bertz CT molecular complexity index is 193. The van der Waals surface area contributed by atoms with Gasteiger partial charge in [0, 0.05) is 0 Å². The second-order valence-electron chi connectivity index (χ2n) is 5.20. The molecule has 102 valence electrons. The third-order valence-corrected chi connectivity index (χ3v) is 3.12. The molecule has 0 fully saturated rings. The molecule has 0 aromatic heterocycles. The smallest absolute Gasteiger partial charge is 0.234 e. The van der Waals surface area contributed by atoms with Crippen molar-refractivity contribution in [1.82, 2.24) is 5.32 Å². The summed E-state index contributed by atoms with van der Waals surface area (Å²) in [4.78, 5) is 11.1. The van der Waals surface area contributed by atoms with Gasteiger partial charge in [0.05, 0.1) is 6.04 Å². The maximum atomic E-state index is 11.1. The van der Waals surface area contributed by atoms with Crippen LogP contribution in [-0.4, -0.2) is 18.5 Å². The van der Waals surface area contributed by atoms with Crippen molar-refractivity contribution in [1.29, 1.82) is 0 Å². The van der Waals surface area contributed by atoms with Gasteiger partial charge in [-0.05, 0) is 18.9 Å². The molecule has 0 bridgehead atoms. The van der Waals surface area contributed by atoms with Crippen LogP contribution in [0, 0.1) is 5.92 Å². The standard InChI is InChI=1S/C14H30N2O/c1-4-5-6-7-8-9-10-11-16-13(12(2)3)14(15)17/h12-13,16H,4-11H2,1-3H3,(H2,15,17). The second-order valence-corrected chi connectivity index (χ2v) is 5.20. The molecule has 0 aromatic carbocycles. The van der Waals surface area contributed by atoms with E-state index in [-0.39, 0.29) is 17.9 Å². The Balaban J connectivity index is 3.40. The molecule has 0 aromatic rings. The number of carbonyl (C=O) groups excluding carboxylic acids is 1. The Labute approximate surface area is 107 Å². The summed E-state index contributed by atoms with van der Waals surface area (Å²) >= 11 is 0. The first-order valence-electron chi connectivity index (χ1n) is 7.12. The van der Waals surface area contributed by atoms with Crippen molar-refractivity contribution in [2.24, 2.45) is 11.7 Å². The van der Waals surface area contributed by atoms with Crippen molar-refractivity contribution in [2.75, 3.05) is 6.54 Å². The molecule has 0 rings (SSSR count). The third kappa shape index (κ3) is 9.16. The highest BCUT2D eigenvalue weighted by molar-refractivity contribution is 5.80. The zero-order chi connectivity index (χ0) is 13.1. The van der Waals surface area contributed by atoms with E-state index in [0.29, 0.717) is 0 Å². The lowest BCUT2D eigenvalue weighted by Gasteiger charge is -2.18. The van der Waals surface area contributed by atoms with Crippen molar-refractivity contribution < 1.29 is 4.79 Å². The fourth-order valence-corrected chi connectivity index (χ4v) is 2.00. The molecule has 0 heterocycles. The van der Waals surface area contributed by atoms with E-state index in [1.54, 1.807) is 0 Å². The Morgan fingerprint density at radius 2 is 1.59 bits per heavy atom. The van der Waals surface area contributed by atoms with Crippen molar-refractivity contribution in [3.8, 4) is 0 Å². The maximum absolute atomic E-state index is 11.1. The molecule has 3 heteroatoms. The normalized spacial score (nSPS) is 12.9. The van der Waals surface area contributed by atoms with E-state index in [4.69, 9.17) is 5.73 Å². The van der Waals surface area contributed by atoms with Crippen LogP contribution >= 0.6 is 0 Å². The quantitative estimate of drug-likeness (QED) is 0.547. The lowest BCUT2D eigenvalue weighted by atomic mass is 10.0. The number of primary amides is 1. The molecule has 0 radical (unpaired) electrons. The molecule has 1 atom stereocenters. The summed E-state index contributed by atoms with van der Waals surface area (Å²) < 4.78 is 0. The van der Waals surface area contributed by atoms with E-state index in [0.717, 1.165) is 13.0 Å². The molecule has 3 N–H and O–H groups in total. The number of nitrogens with two attached hydrogens (primary N) is 1. The average molecular weight is 242 g/mol. The van der Waals surface area contributed by atoms with Crippen LogP contribution in [0.4, 0.5) is 0 Å². The first kappa shape index (κ1) is 16.4. The summed E-state index contributed by atoms with van der Waals surface area (Å²) in [6, 6.07) is -0.171. The number of nitrogens with one attached hydrogen (secondary N) is 1. The lowest BCUT2D eigenvalue weighted by molar-refractivity contribution is -0.121. The summed E-state index contributed by atoms with van der Waals surface area (Å²) in [5, 5.41) is 3.25.